The lowest BCUT2D eigenvalue weighted by Gasteiger charge is -2.13. The largest absolute Gasteiger partial charge is 0.502 e. The van der Waals surface area contributed by atoms with Crippen molar-refractivity contribution in [2.45, 2.75) is 13.0 Å². The molecule has 1 amide bonds. The molecule has 0 aromatic heterocycles. The van der Waals surface area contributed by atoms with E-state index in [1.54, 1.807) is 24.3 Å². The Bertz CT molecular complexity index is 902. The third-order valence-corrected chi connectivity index (χ3v) is 4.07. The van der Waals surface area contributed by atoms with Gasteiger partial charge >= 0.3 is 0 Å². The smallest absolute Gasteiger partial charge is 0.262 e. The van der Waals surface area contributed by atoms with Crippen LogP contribution in [0.5, 0.6) is 17.2 Å². The summed E-state index contributed by atoms with van der Waals surface area (Å²) in [6.07, 6.45) is 4.69. The summed E-state index contributed by atoms with van der Waals surface area (Å²) in [6.45, 7) is 1.85. The summed E-state index contributed by atoms with van der Waals surface area (Å²) >= 11 is 0. The number of aromatic hydroxyl groups is 1. The van der Waals surface area contributed by atoms with Crippen molar-refractivity contribution >= 4 is 12.0 Å². The number of hydrogen-bond donors (Lipinski definition) is 2. The van der Waals surface area contributed by atoms with Crippen LogP contribution in [0, 0.1) is 11.3 Å². The fraction of sp³-hybridized carbons (Fsp3) is 0.182. The molecule has 6 nitrogen and oxygen atoms in total. The summed E-state index contributed by atoms with van der Waals surface area (Å²) in [6, 6.07) is 14.4. The fourth-order valence-corrected chi connectivity index (χ4v) is 2.53. The average molecular weight is 378 g/mol. The van der Waals surface area contributed by atoms with Gasteiger partial charge in [0.25, 0.3) is 5.91 Å². The lowest BCUT2D eigenvalue weighted by molar-refractivity contribution is -0.117. The molecule has 0 radical (unpaired) electrons. The number of carbonyl (C=O) groups excluding carboxylic acids is 1. The van der Waals surface area contributed by atoms with E-state index in [1.807, 2.05) is 43.3 Å². The highest BCUT2D eigenvalue weighted by Crippen LogP contribution is 2.37. The van der Waals surface area contributed by atoms with Crippen molar-refractivity contribution in [3.63, 3.8) is 0 Å². The van der Waals surface area contributed by atoms with E-state index < -0.39 is 5.91 Å². The predicted octanol–water partition coefficient (Wildman–Crippen LogP) is 3.75. The molecule has 0 aliphatic carbocycles. The maximum absolute atomic E-state index is 12.3. The van der Waals surface area contributed by atoms with E-state index in [2.05, 4.69) is 5.32 Å². The first-order valence-corrected chi connectivity index (χ1v) is 8.59. The van der Waals surface area contributed by atoms with Crippen LogP contribution in [-0.4, -0.2) is 25.2 Å². The molecule has 0 heterocycles. The molecule has 2 aromatic carbocycles. The van der Waals surface area contributed by atoms with Crippen molar-refractivity contribution in [3.8, 4) is 23.3 Å². The molecule has 6 heteroatoms. The van der Waals surface area contributed by atoms with Gasteiger partial charge in [-0.25, -0.2) is 0 Å². The van der Waals surface area contributed by atoms with Crippen LogP contribution in [0.15, 0.2) is 60.2 Å². The summed E-state index contributed by atoms with van der Waals surface area (Å²) in [7, 11) is 2.88. The number of rotatable bonds is 7. The molecule has 0 bridgehead atoms. The van der Waals surface area contributed by atoms with Gasteiger partial charge in [0.2, 0.25) is 5.75 Å². The second-order valence-electron chi connectivity index (χ2n) is 5.93. The molecule has 2 aromatic rings. The molecule has 0 aliphatic rings. The number of nitrogens with zero attached hydrogens (tertiary/aromatic N) is 1. The van der Waals surface area contributed by atoms with Gasteiger partial charge in [-0.2, -0.15) is 5.26 Å². The lowest BCUT2D eigenvalue weighted by atomic mass is 10.1. The Hall–Kier alpha value is -3.72. The molecule has 0 saturated carbocycles. The van der Waals surface area contributed by atoms with Crippen molar-refractivity contribution in [3.05, 3.63) is 71.3 Å². The molecule has 2 rings (SSSR count). The molecule has 2 N–H and O–H groups in total. The van der Waals surface area contributed by atoms with E-state index in [1.165, 1.54) is 20.3 Å². The number of phenols is 1. The Morgan fingerprint density at radius 1 is 1.18 bits per heavy atom. The maximum Gasteiger partial charge on any atom is 0.262 e. The van der Waals surface area contributed by atoms with Gasteiger partial charge in [0.15, 0.2) is 11.5 Å². The van der Waals surface area contributed by atoms with Crippen LogP contribution in [0.3, 0.4) is 0 Å². The number of amides is 1. The van der Waals surface area contributed by atoms with Gasteiger partial charge < -0.3 is 19.9 Å². The topological polar surface area (TPSA) is 91.6 Å². The first kappa shape index (κ1) is 20.6. The van der Waals surface area contributed by atoms with Gasteiger partial charge in [-0.05, 0) is 36.3 Å². The summed E-state index contributed by atoms with van der Waals surface area (Å²) in [5, 5.41) is 22.0. The number of nitriles is 1. The van der Waals surface area contributed by atoms with Gasteiger partial charge in [-0.15, -0.1) is 0 Å². The van der Waals surface area contributed by atoms with Crippen LogP contribution in [-0.2, 0) is 4.79 Å². The Kier molecular flexibility index (Phi) is 7.23. The number of ether oxygens (including phenoxy) is 2. The number of allylic oxidation sites excluding steroid dienone is 2. The highest BCUT2D eigenvalue weighted by molar-refractivity contribution is 5.97. The zero-order valence-corrected chi connectivity index (χ0v) is 16.0. The van der Waals surface area contributed by atoms with Crippen molar-refractivity contribution in [2.75, 3.05) is 14.2 Å². The fourth-order valence-electron chi connectivity index (χ4n) is 2.53. The van der Waals surface area contributed by atoms with Crippen LogP contribution in [0.1, 0.15) is 24.1 Å². The lowest BCUT2D eigenvalue weighted by Crippen LogP contribution is -2.27. The zero-order valence-electron chi connectivity index (χ0n) is 16.0. The van der Waals surface area contributed by atoms with Crippen molar-refractivity contribution in [1.82, 2.24) is 5.32 Å². The summed E-state index contributed by atoms with van der Waals surface area (Å²) in [5.41, 5.74) is 1.61. The monoisotopic (exact) mass is 378 g/mol. The van der Waals surface area contributed by atoms with E-state index in [-0.39, 0.29) is 28.9 Å². The SMILES string of the molecule is COc1cc(/C=C/C=C(\C#N)C(=O)NC(C)c2ccccc2)cc(OC)c1O. The molecule has 0 aliphatic heterocycles. The van der Waals surface area contributed by atoms with Crippen molar-refractivity contribution in [1.29, 1.82) is 5.26 Å². The van der Waals surface area contributed by atoms with E-state index in [4.69, 9.17) is 9.47 Å². The molecule has 1 unspecified atom stereocenters. The number of carbonyl (C=O) groups is 1. The molecule has 1 atom stereocenters. The first-order chi connectivity index (χ1) is 13.5. The van der Waals surface area contributed by atoms with Gasteiger partial charge in [0, 0.05) is 0 Å². The molecular weight excluding hydrogens is 356 g/mol. The van der Waals surface area contributed by atoms with Crippen LogP contribution in [0.4, 0.5) is 0 Å². The average Bonchev–Trinajstić information content (AvgIpc) is 2.72. The van der Waals surface area contributed by atoms with Gasteiger partial charge in [0.05, 0.1) is 20.3 Å². The number of hydrogen-bond acceptors (Lipinski definition) is 5. The van der Waals surface area contributed by atoms with Crippen molar-refractivity contribution in [2.24, 2.45) is 0 Å². The summed E-state index contributed by atoms with van der Waals surface area (Å²) in [4.78, 5) is 12.3. The van der Waals surface area contributed by atoms with Crippen LogP contribution >= 0.6 is 0 Å². The molecule has 28 heavy (non-hydrogen) atoms. The van der Waals surface area contributed by atoms with Crippen LogP contribution < -0.4 is 14.8 Å². The molecule has 144 valence electrons. The minimum absolute atomic E-state index is 0.0169. The quantitative estimate of drug-likeness (QED) is 0.435. The third-order valence-electron chi connectivity index (χ3n) is 4.07. The van der Waals surface area contributed by atoms with E-state index in [0.29, 0.717) is 5.56 Å². The number of benzene rings is 2. The molecule has 0 fully saturated rings. The van der Waals surface area contributed by atoms with Gasteiger partial charge in [0.1, 0.15) is 11.6 Å². The highest BCUT2D eigenvalue weighted by atomic mass is 16.5. The standard InChI is InChI=1S/C22H22N2O4/c1-15(17-9-5-4-6-10-17)24-22(26)18(14-23)11-7-8-16-12-19(27-2)21(25)20(13-16)28-3/h4-13,15,25H,1-3H3,(H,24,26)/b8-7+,18-11+. The molecule has 0 spiro atoms. The second-order valence-corrected chi connectivity index (χ2v) is 5.93. The maximum atomic E-state index is 12.3. The summed E-state index contributed by atoms with van der Waals surface area (Å²) in [5.74, 6) is -0.0233. The molecular formula is C22H22N2O4. The summed E-state index contributed by atoms with van der Waals surface area (Å²) < 4.78 is 10.2. The normalized spacial score (nSPS) is 12.3. The second kappa shape index (κ2) is 9.83. The van der Waals surface area contributed by atoms with E-state index in [0.717, 1.165) is 5.56 Å². The Morgan fingerprint density at radius 3 is 2.32 bits per heavy atom. The third kappa shape index (κ3) is 5.15. The highest BCUT2D eigenvalue weighted by Gasteiger charge is 2.13. The van der Waals surface area contributed by atoms with Crippen LogP contribution in [0.2, 0.25) is 0 Å². The minimum atomic E-state index is -0.454. The van der Waals surface area contributed by atoms with Gasteiger partial charge in [-0.1, -0.05) is 42.5 Å². The van der Waals surface area contributed by atoms with Crippen molar-refractivity contribution < 1.29 is 19.4 Å². The predicted molar refractivity (Wildman–Crippen MR) is 107 cm³/mol. The van der Waals surface area contributed by atoms with E-state index in [9.17, 15) is 15.2 Å². The molecule has 0 saturated heterocycles. The Balaban J connectivity index is 2.14. The zero-order chi connectivity index (χ0) is 20.5. The Morgan fingerprint density at radius 2 is 1.79 bits per heavy atom. The first-order valence-electron chi connectivity index (χ1n) is 8.59. The van der Waals surface area contributed by atoms with E-state index >= 15 is 0 Å². The Labute approximate surface area is 164 Å². The number of methoxy groups -OCH3 is 2. The number of phenolic OH excluding ortho intramolecular Hbond substituents is 1. The number of nitrogens with one attached hydrogen (secondary N) is 1. The van der Waals surface area contributed by atoms with Gasteiger partial charge in [-0.3, -0.25) is 4.79 Å². The van der Waals surface area contributed by atoms with Crippen LogP contribution in [0.25, 0.3) is 6.08 Å². The minimum Gasteiger partial charge on any atom is -0.502 e.